The van der Waals surface area contributed by atoms with Crippen LogP contribution in [0.3, 0.4) is 0 Å². The van der Waals surface area contributed by atoms with E-state index in [0.29, 0.717) is 17.9 Å². The first kappa shape index (κ1) is 9.77. The van der Waals surface area contributed by atoms with Crippen molar-refractivity contribution in [2.75, 3.05) is 5.32 Å². The van der Waals surface area contributed by atoms with Gasteiger partial charge in [-0.2, -0.15) is 0 Å². The van der Waals surface area contributed by atoms with Gasteiger partial charge in [0, 0.05) is 6.04 Å². The fourth-order valence-corrected chi connectivity index (χ4v) is 1.79. The molecule has 5 heteroatoms. The van der Waals surface area contributed by atoms with Crippen LogP contribution in [0.1, 0.15) is 43.9 Å². The molecule has 14 heavy (non-hydrogen) atoms. The summed E-state index contributed by atoms with van der Waals surface area (Å²) in [4.78, 5) is 0. The molecule has 0 bridgehead atoms. The Kier molecular flexibility index (Phi) is 2.91. The number of nitrogens with one attached hydrogen (secondary N) is 1. The number of aromatic nitrogens is 2. The molecule has 1 saturated carbocycles. The standard InChI is InChI=1S/C9H14ClN3O/c1-6(10)8-12-13-9(14-8)11-7-4-2-3-5-7/h6-7H,2-5H2,1H3,(H,11,13). The molecule has 0 amide bonds. The number of nitrogens with zero attached hydrogens (tertiary/aromatic N) is 2. The highest BCUT2D eigenvalue weighted by molar-refractivity contribution is 6.20. The van der Waals surface area contributed by atoms with Crippen LogP contribution in [-0.4, -0.2) is 16.2 Å². The second-order valence-corrected chi connectivity index (χ2v) is 4.34. The molecule has 4 nitrogen and oxygen atoms in total. The summed E-state index contributed by atoms with van der Waals surface area (Å²) >= 11 is 5.81. The zero-order valence-corrected chi connectivity index (χ0v) is 8.92. The number of hydrogen-bond donors (Lipinski definition) is 1. The molecular formula is C9H14ClN3O. The van der Waals surface area contributed by atoms with Gasteiger partial charge in [-0.15, -0.1) is 16.7 Å². The zero-order chi connectivity index (χ0) is 9.97. The molecule has 1 aliphatic carbocycles. The average molecular weight is 216 g/mol. The number of halogens is 1. The second kappa shape index (κ2) is 4.17. The van der Waals surface area contributed by atoms with E-state index in [1.165, 1.54) is 25.7 Å². The zero-order valence-electron chi connectivity index (χ0n) is 8.16. The Hall–Kier alpha value is -0.770. The van der Waals surface area contributed by atoms with Crippen LogP contribution in [0.4, 0.5) is 6.01 Å². The first-order valence-electron chi connectivity index (χ1n) is 4.99. The van der Waals surface area contributed by atoms with Gasteiger partial charge in [-0.05, 0) is 19.8 Å². The highest BCUT2D eigenvalue weighted by atomic mass is 35.5. The van der Waals surface area contributed by atoms with E-state index < -0.39 is 0 Å². The SMILES string of the molecule is CC(Cl)c1nnc(NC2CCCC2)o1. The summed E-state index contributed by atoms with van der Waals surface area (Å²) in [5, 5.41) is 10.7. The molecule has 0 saturated heterocycles. The van der Waals surface area contributed by atoms with E-state index in [9.17, 15) is 0 Å². The van der Waals surface area contributed by atoms with Crippen LogP contribution in [0.15, 0.2) is 4.42 Å². The molecule has 0 aromatic carbocycles. The highest BCUT2D eigenvalue weighted by Crippen LogP contribution is 2.23. The van der Waals surface area contributed by atoms with Crippen molar-refractivity contribution in [3.63, 3.8) is 0 Å². The van der Waals surface area contributed by atoms with Crippen molar-refractivity contribution < 1.29 is 4.42 Å². The lowest BCUT2D eigenvalue weighted by molar-refractivity contribution is 0.499. The predicted molar refractivity (Wildman–Crippen MR) is 54.4 cm³/mol. The van der Waals surface area contributed by atoms with Gasteiger partial charge in [-0.1, -0.05) is 17.9 Å². The topological polar surface area (TPSA) is 51.0 Å². The van der Waals surface area contributed by atoms with Gasteiger partial charge in [-0.3, -0.25) is 0 Å². The second-order valence-electron chi connectivity index (χ2n) is 3.69. The highest BCUT2D eigenvalue weighted by Gasteiger charge is 2.18. The summed E-state index contributed by atoms with van der Waals surface area (Å²) in [5.74, 6) is 0.479. The lowest BCUT2D eigenvalue weighted by Crippen LogP contribution is -2.14. The normalized spacial score (nSPS) is 19.9. The Morgan fingerprint density at radius 3 is 2.71 bits per heavy atom. The van der Waals surface area contributed by atoms with Crippen LogP contribution >= 0.6 is 11.6 Å². The molecule has 78 valence electrons. The smallest absolute Gasteiger partial charge is 0.315 e. The average Bonchev–Trinajstić information content (AvgIpc) is 2.75. The maximum absolute atomic E-state index is 5.81. The third kappa shape index (κ3) is 2.18. The maximum Gasteiger partial charge on any atom is 0.315 e. The van der Waals surface area contributed by atoms with Crippen LogP contribution in [0.25, 0.3) is 0 Å². The van der Waals surface area contributed by atoms with E-state index in [1.807, 2.05) is 6.92 Å². The first-order valence-corrected chi connectivity index (χ1v) is 5.43. The molecule has 1 aliphatic rings. The molecule has 0 radical (unpaired) electrons. The molecule has 2 rings (SSSR count). The Labute approximate surface area is 88.0 Å². The minimum absolute atomic E-state index is 0.221. The Bertz CT molecular complexity index is 294. The Morgan fingerprint density at radius 2 is 2.14 bits per heavy atom. The van der Waals surface area contributed by atoms with Crippen molar-refractivity contribution in [3.8, 4) is 0 Å². The van der Waals surface area contributed by atoms with Gasteiger partial charge in [0.25, 0.3) is 0 Å². The van der Waals surface area contributed by atoms with E-state index in [2.05, 4.69) is 15.5 Å². The molecular weight excluding hydrogens is 202 g/mol. The molecule has 1 unspecified atom stereocenters. The lowest BCUT2D eigenvalue weighted by Gasteiger charge is -2.07. The number of alkyl halides is 1. The maximum atomic E-state index is 5.81. The molecule has 1 aromatic heterocycles. The summed E-state index contributed by atoms with van der Waals surface area (Å²) in [6, 6.07) is 0.994. The van der Waals surface area contributed by atoms with E-state index in [0.717, 1.165) is 0 Å². The monoisotopic (exact) mass is 215 g/mol. The van der Waals surface area contributed by atoms with Crippen molar-refractivity contribution >= 4 is 17.6 Å². The van der Waals surface area contributed by atoms with Gasteiger partial charge < -0.3 is 9.73 Å². The van der Waals surface area contributed by atoms with Gasteiger partial charge in [-0.25, -0.2) is 0 Å². The van der Waals surface area contributed by atoms with E-state index >= 15 is 0 Å². The largest absolute Gasteiger partial charge is 0.406 e. The fourth-order valence-electron chi connectivity index (χ4n) is 1.70. The quantitative estimate of drug-likeness (QED) is 0.788. The third-order valence-corrected chi connectivity index (χ3v) is 2.65. The minimum atomic E-state index is -0.221. The van der Waals surface area contributed by atoms with Crippen molar-refractivity contribution in [1.82, 2.24) is 10.2 Å². The van der Waals surface area contributed by atoms with E-state index in [4.69, 9.17) is 16.0 Å². The van der Waals surface area contributed by atoms with Crippen LogP contribution in [0, 0.1) is 0 Å². The van der Waals surface area contributed by atoms with Gasteiger partial charge in [0.05, 0.1) is 0 Å². The van der Waals surface area contributed by atoms with Crippen LogP contribution in [0.2, 0.25) is 0 Å². The minimum Gasteiger partial charge on any atom is -0.406 e. The number of rotatable bonds is 3. The molecule has 1 heterocycles. The third-order valence-electron chi connectivity index (χ3n) is 2.46. The summed E-state index contributed by atoms with van der Waals surface area (Å²) in [6.45, 7) is 1.81. The van der Waals surface area contributed by atoms with Crippen LogP contribution in [-0.2, 0) is 0 Å². The summed E-state index contributed by atoms with van der Waals surface area (Å²) < 4.78 is 5.34. The molecule has 1 N–H and O–H groups in total. The van der Waals surface area contributed by atoms with Crippen molar-refractivity contribution in [3.05, 3.63) is 5.89 Å². The molecule has 1 aromatic rings. The first-order chi connectivity index (χ1) is 6.75. The summed E-state index contributed by atoms with van der Waals surface area (Å²) in [6.07, 6.45) is 4.94. The van der Waals surface area contributed by atoms with E-state index in [-0.39, 0.29) is 5.38 Å². The van der Waals surface area contributed by atoms with Gasteiger partial charge >= 0.3 is 6.01 Å². The van der Waals surface area contributed by atoms with Crippen LogP contribution in [0.5, 0.6) is 0 Å². The molecule has 0 spiro atoms. The van der Waals surface area contributed by atoms with Gasteiger partial charge in [0.15, 0.2) is 0 Å². The fraction of sp³-hybridized carbons (Fsp3) is 0.778. The molecule has 1 fully saturated rings. The molecule has 1 atom stereocenters. The van der Waals surface area contributed by atoms with Crippen molar-refractivity contribution in [2.45, 2.75) is 44.0 Å². The van der Waals surface area contributed by atoms with Crippen molar-refractivity contribution in [2.24, 2.45) is 0 Å². The predicted octanol–water partition coefficient (Wildman–Crippen LogP) is 2.72. The summed E-state index contributed by atoms with van der Waals surface area (Å²) in [5.41, 5.74) is 0. The molecule has 0 aliphatic heterocycles. The van der Waals surface area contributed by atoms with E-state index in [1.54, 1.807) is 0 Å². The number of anilines is 1. The Balaban J connectivity index is 1.95. The number of hydrogen-bond acceptors (Lipinski definition) is 4. The van der Waals surface area contributed by atoms with Gasteiger partial charge in [0.2, 0.25) is 5.89 Å². The Morgan fingerprint density at radius 1 is 1.43 bits per heavy atom. The summed E-state index contributed by atoms with van der Waals surface area (Å²) in [7, 11) is 0. The van der Waals surface area contributed by atoms with Gasteiger partial charge in [0.1, 0.15) is 5.38 Å². The van der Waals surface area contributed by atoms with Crippen LogP contribution < -0.4 is 5.32 Å². The van der Waals surface area contributed by atoms with Crippen molar-refractivity contribution in [1.29, 1.82) is 0 Å². The lowest BCUT2D eigenvalue weighted by atomic mass is 10.3.